The fourth-order valence-electron chi connectivity index (χ4n) is 3.18. The maximum Gasteiger partial charge on any atom is 0.226 e. The van der Waals surface area contributed by atoms with Gasteiger partial charge in [0, 0.05) is 32.9 Å². The number of amides is 3. The molecular formula is C19H20N2O3. The number of hydrogen-bond donors (Lipinski definition) is 1. The average molecular weight is 324 g/mol. The lowest BCUT2D eigenvalue weighted by Crippen LogP contribution is -2.40. The predicted molar refractivity (Wildman–Crippen MR) is 90.9 cm³/mol. The third kappa shape index (κ3) is 3.62. The molecule has 0 bridgehead atoms. The first-order chi connectivity index (χ1) is 11.5. The molecule has 124 valence electrons. The van der Waals surface area contributed by atoms with Crippen LogP contribution in [0.25, 0.3) is 10.8 Å². The molecule has 2 aromatic rings. The second kappa shape index (κ2) is 6.83. The highest BCUT2D eigenvalue weighted by Crippen LogP contribution is 2.22. The highest BCUT2D eigenvalue weighted by molar-refractivity contribution is 5.98. The van der Waals surface area contributed by atoms with Crippen molar-refractivity contribution in [1.82, 2.24) is 10.2 Å². The van der Waals surface area contributed by atoms with Gasteiger partial charge in [0.05, 0.1) is 0 Å². The Bertz CT molecular complexity index is 779. The van der Waals surface area contributed by atoms with E-state index < -0.39 is 0 Å². The molecular weight excluding hydrogens is 304 g/mol. The van der Waals surface area contributed by atoms with E-state index in [1.54, 1.807) is 11.9 Å². The van der Waals surface area contributed by atoms with E-state index in [1.807, 2.05) is 42.5 Å². The zero-order chi connectivity index (χ0) is 17.1. The minimum atomic E-state index is -0.291. The van der Waals surface area contributed by atoms with Crippen molar-refractivity contribution in [3.63, 3.8) is 0 Å². The Morgan fingerprint density at radius 2 is 1.75 bits per heavy atom. The lowest BCUT2D eigenvalue weighted by molar-refractivity contribution is -0.136. The summed E-state index contributed by atoms with van der Waals surface area (Å²) in [4.78, 5) is 36.9. The van der Waals surface area contributed by atoms with Crippen molar-refractivity contribution in [1.29, 1.82) is 0 Å². The van der Waals surface area contributed by atoms with Gasteiger partial charge in [-0.25, -0.2) is 0 Å². The Morgan fingerprint density at radius 3 is 2.50 bits per heavy atom. The third-order valence-electron chi connectivity index (χ3n) is 4.40. The first-order valence-electron chi connectivity index (χ1n) is 8.06. The van der Waals surface area contributed by atoms with Crippen molar-refractivity contribution in [2.24, 2.45) is 5.92 Å². The molecule has 0 spiro atoms. The lowest BCUT2D eigenvalue weighted by Gasteiger charge is -2.24. The van der Waals surface area contributed by atoms with Crippen LogP contribution >= 0.6 is 0 Å². The van der Waals surface area contributed by atoms with Crippen LogP contribution in [0.15, 0.2) is 42.5 Å². The topological polar surface area (TPSA) is 66.5 Å². The molecule has 0 aliphatic carbocycles. The highest BCUT2D eigenvalue weighted by Gasteiger charge is 2.27. The molecule has 0 unspecified atom stereocenters. The van der Waals surface area contributed by atoms with Crippen LogP contribution in [0, 0.1) is 5.92 Å². The van der Waals surface area contributed by atoms with Gasteiger partial charge in [0.25, 0.3) is 0 Å². The summed E-state index contributed by atoms with van der Waals surface area (Å²) in [6.07, 6.45) is 0.694. The standard InChI is InChI=1S/C19H20N2O3/c1-21(19(24)11-13-9-17(22)20-18(23)10-13)12-15-7-4-6-14-5-2-3-8-16(14)15/h2-8,13H,9-12H2,1H3,(H,20,22,23). The summed E-state index contributed by atoms with van der Waals surface area (Å²) < 4.78 is 0. The molecule has 5 nitrogen and oxygen atoms in total. The number of nitrogens with one attached hydrogen (secondary N) is 1. The molecule has 1 aliphatic rings. The first-order valence-corrected chi connectivity index (χ1v) is 8.06. The van der Waals surface area contributed by atoms with Gasteiger partial charge >= 0.3 is 0 Å². The first kappa shape index (κ1) is 16.2. The second-order valence-corrected chi connectivity index (χ2v) is 6.34. The van der Waals surface area contributed by atoms with Gasteiger partial charge in [-0.2, -0.15) is 0 Å². The summed E-state index contributed by atoms with van der Waals surface area (Å²) >= 11 is 0. The molecule has 0 aromatic heterocycles. The smallest absolute Gasteiger partial charge is 0.226 e. The number of rotatable bonds is 4. The molecule has 24 heavy (non-hydrogen) atoms. The Kier molecular flexibility index (Phi) is 4.60. The van der Waals surface area contributed by atoms with Gasteiger partial charge in [-0.15, -0.1) is 0 Å². The monoisotopic (exact) mass is 324 g/mol. The lowest BCUT2D eigenvalue weighted by atomic mass is 9.93. The van der Waals surface area contributed by atoms with Crippen molar-refractivity contribution in [3.05, 3.63) is 48.0 Å². The summed E-state index contributed by atoms with van der Waals surface area (Å²) in [5.74, 6) is -0.828. The maximum absolute atomic E-state index is 12.4. The van der Waals surface area contributed by atoms with Gasteiger partial charge in [-0.1, -0.05) is 42.5 Å². The van der Waals surface area contributed by atoms with Crippen LogP contribution in [-0.2, 0) is 20.9 Å². The van der Waals surface area contributed by atoms with E-state index >= 15 is 0 Å². The maximum atomic E-state index is 12.4. The van der Waals surface area contributed by atoms with Crippen molar-refractivity contribution in [3.8, 4) is 0 Å². The molecule has 5 heteroatoms. The van der Waals surface area contributed by atoms with Gasteiger partial charge in [-0.3, -0.25) is 19.7 Å². The van der Waals surface area contributed by atoms with Crippen LogP contribution in [0.4, 0.5) is 0 Å². The van der Waals surface area contributed by atoms with Gasteiger partial charge < -0.3 is 4.90 Å². The summed E-state index contributed by atoms with van der Waals surface area (Å²) in [5.41, 5.74) is 1.08. The van der Waals surface area contributed by atoms with Crippen LogP contribution < -0.4 is 5.32 Å². The minimum Gasteiger partial charge on any atom is -0.341 e. The molecule has 1 fully saturated rings. The Hall–Kier alpha value is -2.69. The molecule has 0 saturated carbocycles. The molecule has 2 aromatic carbocycles. The van der Waals surface area contributed by atoms with Crippen molar-refractivity contribution < 1.29 is 14.4 Å². The number of fused-ring (bicyclic) bond motifs is 1. The molecule has 0 atom stereocenters. The van der Waals surface area contributed by atoms with Gasteiger partial charge in [0.1, 0.15) is 0 Å². The number of hydrogen-bond acceptors (Lipinski definition) is 3. The van der Waals surface area contributed by atoms with Gasteiger partial charge in [0.15, 0.2) is 0 Å². The average Bonchev–Trinajstić information content (AvgIpc) is 2.54. The number of carbonyl (C=O) groups is 3. The number of imide groups is 1. The van der Waals surface area contributed by atoms with Crippen molar-refractivity contribution in [2.45, 2.75) is 25.8 Å². The Labute approximate surface area is 140 Å². The number of carbonyl (C=O) groups excluding carboxylic acids is 3. The Morgan fingerprint density at radius 1 is 1.08 bits per heavy atom. The normalized spacial score (nSPS) is 15.4. The molecule has 3 amide bonds. The zero-order valence-electron chi connectivity index (χ0n) is 13.6. The number of nitrogens with zero attached hydrogens (tertiary/aromatic N) is 1. The van der Waals surface area contributed by atoms with E-state index in [0.29, 0.717) is 6.54 Å². The van der Waals surface area contributed by atoms with E-state index in [9.17, 15) is 14.4 Å². The van der Waals surface area contributed by atoms with Crippen molar-refractivity contribution >= 4 is 28.5 Å². The van der Waals surface area contributed by atoms with Crippen LogP contribution in [0.2, 0.25) is 0 Å². The quantitative estimate of drug-likeness (QED) is 0.877. The second-order valence-electron chi connectivity index (χ2n) is 6.34. The molecule has 3 rings (SSSR count). The molecule has 0 radical (unpaired) electrons. The summed E-state index contributed by atoms with van der Waals surface area (Å²) in [6, 6.07) is 14.1. The SMILES string of the molecule is CN(Cc1cccc2ccccc12)C(=O)CC1CC(=O)NC(=O)C1. The zero-order valence-corrected chi connectivity index (χ0v) is 13.6. The van der Waals surface area contributed by atoms with E-state index in [4.69, 9.17) is 0 Å². The van der Waals surface area contributed by atoms with Crippen LogP contribution in [-0.4, -0.2) is 29.7 Å². The molecule has 1 heterocycles. The predicted octanol–water partition coefficient (Wildman–Crippen LogP) is 2.24. The Balaban J connectivity index is 1.67. The van der Waals surface area contributed by atoms with Crippen LogP contribution in [0.3, 0.4) is 0 Å². The summed E-state index contributed by atoms with van der Waals surface area (Å²) in [6.45, 7) is 0.507. The largest absolute Gasteiger partial charge is 0.341 e. The van der Waals surface area contributed by atoms with E-state index in [-0.39, 0.29) is 42.9 Å². The molecule has 1 N–H and O–H groups in total. The summed E-state index contributed by atoms with van der Waals surface area (Å²) in [7, 11) is 1.76. The number of benzene rings is 2. The fourth-order valence-corrected chi connectivity index (χ4v) is 3.18. The van der Waals surface area contributed by atoms with Crippen LogP contribution in [0.1, 0.15) is 24.8 Å². The van der Waals surface area contributed by atoms with Crippen LogP contribution in [0.5, 0.6) is 0 Å². The highest BCUT2D eigenvalue weighted by atomic mass is 16.2. The van der Waals surface area contributed by atoms with E-state index in [1.165, 1.54) is 0 Å². The van der Waals surface area contributed by atoms with Crippen molar-refractivity contribution in [2.75, 3.05) is 7.05 Å². The fraction of sp³-hybridized carbons (Fsp3) is 0.316. The minimum absolute atomic E-state index is 0.0459. The van der Waals surface area contributed by atoms with Gasteiger partial charge in [0.2, 0.25) is 17.7 Å². The summed E-state index contributed by atoms with van der Waals surface area (Å²) in [5, 5.41) is 4.54. The third-order valence-corrected chi connectivity index (χ3v) is 4.40. The molecule has 1 saturated heterocycles. The molecule has 1 aliphatic heterocycles. The van der Waals surface area contributed by atoms with E-state index in [0.717, 1.165) is 16.3 Å². The van der Waals surface area contributed by atoms with E-state index in [2.05, 4.69) is 5.32 Å². The van der Waals surface area contributed by atoms with Gasteiger partial charge in [-0.05, 0) is 22.3 Å². The number of piperidine rings is 1.